The molecule has 4 nitrogen and oxygen atoms in total. The van der Waals surface area contributed by atoms with Crippen LogP contribution < -0.4 is 10.6 Å². The lowest BCUT2D eigenvalue weighted by atomic mass is 9.89. The third-order valence-electron chi connectivity index (χ3n) is 4.10. The van der Waals surface area contributed by atoms with Gasteiger partial charge >= 0.3 is 0 Å². The molecule has 0 spiro atoms. The van der Waals surface area contributed by atoms with Crippen molar-refractivity contribution in [3.63, 3.8) is 0 Å². The summed E-state index contributed by atoms with van der Waals surface area (Å²) in [5.74, 6) is -2.38. The Morgan fingerprint density at radius 3 is 2.75 bits per heavy atom. The van der Waals surface area contributed by atoms with Gasteiger partial charge in [0.25, 0.3) is 0 Å². The first-order chi connectivity index (χ1) is 11.5. The molecule has 0 fully saturated rings. The first-order valence-electron chi connectivity index (χ1n) is 7.60. The predicted molar refractivity (Wildman–Crippen MR) is 85.3 cm³/mol. The maximum atomic E-state index is 13.8. The van der Waals surface area contributed by atoms with Crippen molar-refractivity contribution in [1.29, 1.82) is 0 Å². The van der Waals surface area contributed by atoms with Crippen LogP contribution in [-0.4, -0.2) is 11.8 Å². The summed E-state index contributed by atoms with van der Waals surface area (Å²) in [6.45, 7) is 1.67. The molecule has 0 saturated heterocycles. The molecule has 6 heteroatoms. The molecule has 1 aliphatic heterocycles. The maximum Gasteiger partial charge on any atom is 0.228 e. The van der Waals surface area contributed by atoms with Crippen molar-refractivity contribution in [2.75, 3.05) is 5.32 Å². The second-order valence-electron chi connectivity index (χ2n) is 5.79. The van der Waals surface area contributed by atoms with E-state index in [2.05, 4.69) is 10.6 Å². The number of nitrogens with one attached hydrogen (secondary N) is 2. The smallest absolute Gasteiger partial charge is 0.228 e. The van der Waals surface area contributed by atoms with Gasteiger partial charge in [-0.05, 0) is 30.7 Å². The Hall–Kier alpha value is -2.76. The molecule has 1 aliphatic rings. The van der Waals surface area contributed by atoms with Gasteiger partial charge in [-0.1, -0.05) is 24.3 Å². The fraction of sp³-hybridized carbons (Fsp3) is 0.222. The van der Waals surface area contributed by atoms with Crippen molar-refractivity contribution < 1.29 is 18.4 Å². The summed E-state index contributed by atoms with van der Waals surface area (Å²) < 4.78 is 27.2. The minimum Gasteiger partial charge on any atom is -0.349 e. The first-order valence-corrected chi connectivity index (χ1v) is 7.60. The van der Waals surface area contributed by atoms with Crippen LogP contribution in [0.1, 0.15) is 36.4 Å². The standard InChI is InChI=1S/C18H16F2N2O2/c1-10(12-4-2-3-5-15(12)20)21-18(24)14-9-17(23)22-16-8-11(19)6-7-13(14)16/h2-8,10,14H,9H2,1H3,(H,21,24)(H,22,23)/t10-,14-/m0/s1. The number of hydrogen-bond acceptors (Lipinski definition) is 2. The number of carbonyl (C=O) groups is 2. The summed E-state index contributed by atoms with van der Waals surface area (Å²) in [4.78, 5) is 24.4. The SMILES string of the molecule is C[C@H](NC(=O)[C@H]1CC(=O)Nc2cc(F)ccc21)c1ccccc1F. The lowest BCUT2D eigenvalue weighted by molar-refractivity contribution is -0.126. The normalized spacial score (nSPS) is 17.6. The molecule has 1 heterocycles. The van der Waals surface area contributed by atoms with Gasteiger partial charge in [0, 0.05) is 17.7 Å². The van der Waals surface area contributed by atoms with Gasteiger partial charge in [-0.25, -0.2) is 8.78 Å². The summed E-state index contributed by atoms with van der Waals surface area (Å²) in [5, 5.41) is 5.29. The molecule has 0 unspecified atom stereocenters. The average molecular weight is 330 g/mol. The molecule has 124 valence electrons. The van der Waals surface area contributed by atoms with E-state index in [4.69, 9.17) is 0 Å². The molecule has 24 heavy (non-hydrogen) atoms. The molecule has 0 bridgehead atoms. The third kappa shape index (κ3) is 3.13. The van der Waals surface area contributed by atoms with E-state index < -0.39 is 29.5 Å². The quantitative estimate of drug-likeness (QED) is 0.907. The molecular formula is C18H16F2N2O2. The van der Waals surface area contributed by atoms with Gasteiger partial charge in [-0.3, -0.25) is 9.59 Å². The molecule has 2 aromatic carbocycles. The first kappa shape index (κ1) is 16.1. The largest absolute Gasteiger partial charge is 0.349 e. The number of hydrogen-bond donors (Lipinski definition) is 2. The minimum absolute atomic E-state index is 0.0333. The third-order valence-corrected chi connectivity index (χ3v) is 4.10. The average Bonchev–Trinajstić information content (AvgIpc) is 2.53. The fourth-order valence-corrected chi connectivity index (χ4v) is 2.89. The number of carbonyl (C=O) groups excluding carboxylic acids is 2. The highest BCUT2D eigenvalue weighted by atomic mass is 19.1. The Bertz CT molecular complexity index is 807. The molecule has 2 atom stereocenters. The fourth-order valence-electron chi connectivity index (χ4n) is 2.89. The van der Waals surface area contributed by atoms with E-state index in [1.807, 2.05) is 0 Å². The summed E-state index contributed by atoms with van der Waals surface area (Å²) in [6.07, 6.45) is -0.0333. The minimum atomic E-state index is -0.733. The van der Waals surface area contributed by atoms with Crippen LogP contribution in [0.4, 0.5) is 14.5 Å². The number of rotatable bonds is 3. The van der Waals surface area contributed by atoms with E-state index in [9.17, 15) is 18.4 Å². The lowest BCUT2D eigenvalue weighted by Gasteiger charge is -2.26. The van der Waals surface area contributed by atoms with Crippen LogP contribution in [0.15, 0.2) is 42.5 Å². The summed E-state index contributed by atoms with van der Waals surface area (Å²) in [7, 11) is 0. The van der Waals surface area contributed by atoms with Gasteiger partial charge in [0.1, 0.15) is 11.6 Å². The second-order valence-corrected chi connectivity index (χ2v) is 5.79. The Morgan fingerprint density at radius 2 is 2.00 bits per heavy atom. The van der Waals surface area contributed by atoms with Crippen LogP contribution in [0.25, 0.3) is 0 Å². The van der Waals surface area contributed by atoms with Crippen molar-refractivity contribution in [3.05, 3.63) is 65.2 Å². The van der Waals surface area contributed by atoms with Gasteiger partial charge in [0.05, 0.1) is 12.0 Å². The van der Waals surface area contributed by atoms with E-state index >= 15 is 0 Å². The van der Waals surface area contributed by atoms with Gasteiger partial charge in [0.2, 0.25) is 11.8 Å². The summed E-state index contributed by atoms with van der Waals surface area (Å²) in [6, 6.07) is 9.55. The number of anilines is 1. The molecule has 3 rings (SSSR count). The summed E-state index contributed by atoms with van der Waals surface area (Å²) in [5.41, 5.74) is 1.21. The van der Waals surface area contributed by atoms with Crippen molar-refractivity contribution in [1.82, 2.24) is 5.32 Å². The van der Waals surface area contributed by atoms with Gasteiger partial charge in [-0.2, -0.15) is 0 Å². The van der Waals surface area contributed by atoms with Crippen LogP contribution >= 0.6 is 0 Å². The van der Waals surface area contributed by atoms with E-state index in [0.29, 0.717) is 16.8 Å². The second kappa shape index (κ2) is 6.39. The highest BCUT2D eigenvalue weighted by molar-refractivity contribution is 6.01. The Labute approximate surface area is 137 Å². The monoisotopic (exact) mass is 330 g/mol. The predicted octanol–water partition coefficient (Wildman–Crippen LogP) is 3.27. The molecule has 0 aromatic heterocycles. The van der Waals surface area contributed by atoms with E-state index in [1.54, 1.807) is 25.1 Å². The van der Waals surface area contributed by atoms with Crippen LogP contribution in [0.2, 0.25) is 0 Å². The van der Waals surface area contributed by atoms with Crippen molar-refractivity contribution in [2.24, 2.45) is 0 Å². The zero-order valence-corrected chi connectivity index (χ0v) is 13.0. The summed E-state index contributed by atoms with van der Waals surface area (Å²) >= 11 is 0. The number of fused-ring (bicyclic) bond motifs is 1. The van der Waals surface area contributed by atoms with Gasteiger partial charge in [0.15, 0.2) is 0 Å². The molecule has 0 aliphatic carbocycles. The van der Waals surface area contributed by atoms with Crippen LogP contribution in [-0.2, 0) is 9.59 Å². The topological polar surface area (TPSA) is 58.2 Å². The van der Waals surface area contributed by atoms with Crippen LogP contribution in [0.5, 0.6) is 0 Å². The van der Waals surface area contributed by atoms with Crippen molar-refractivity contribution >= 4 is 17.5 Å². The lowest BCUT2D eigenvalue weighted by Crippen LogP contribution is -2.36. The molecule has 2 N–H and O–H groups in total. The highest BCUT2D eigenvalue weighted by Gasteiger charge is 2.31. The molecule has 2 aromatic rings. The van der Waals surface area contributed by atoms with Gasteiger partial charge in [-0.15, -0.1) is 0 Å². The van der Waals surface area contributed by atoms with E-state index in [1.165, 1.54) is 24.3 Å². The van der Waals surface area contributed by atoms with Crippen molar-refractivity contribution in [2.45, 2.75) is 25.3 Å². The van der Waals surface area contributed by atoms with E-state index in [0.717, 1.165) is 0 Å². The van der Waals surface area contributed by atoms with E-state index in [-0.39, 0.29) is 12.3 Å². The molecule has 2 amide bonds. The zero-order chi connectivity index (χ0) is 17.3. The Balaban J connectivity index is 1.83. The van der Waals surface area contributed by atoms with Gasteiger partial charge < -0.3 is 10.6 Å². The number of amides is 2. The highest BCUT2D eigenvalue weighted by Crippen LogP contribution is 2.33. The Kier molecular flexibility index (Phi) is 4.29. The van der Waals surface area contributed by atoms with Crippen LogP contribution in [0, 0.1) is 11.6 Å². The molecular weight excluding hydrogens is 314 g/mol. The van der Waals surface area contributed by atoms with Crippen molar-refractivity contribution in [3.8, 4) is 0 Å². The molecule has 0 saturated carbocycles. The maximum absolute atomic E-state index is 13.8. The number of halogens is 2. The number of benzene rings is 2. The zero-order valence-electron chi connectivity index (χ0n) is 13.0. The Morgan fingerprint density at radius 1 is 1.25 bits per heavy atom. The molecule has 0 radical (unpaired) electrons. The van der Waals surface area contributed by atoms with Crippen LogP contribution in [0.3, 0.4) is 0 Å².